The molecule has 3 N–H and O–H groups in total. The van der Waals surface area contributed by atoms with E-state index in [4.69, 9.17) is 22.1 Å². The van der Waals surface area contributed by atoms with Gasteiger partial charge in [0.05, 0.1) is 10.6 Å². The standard InChI is InChI=1S/C15H21ClN2O3/c1-4-5-9(2)18-14(19)10(3)21-15(20)12-7-6-11(17)8-13(12)16/h6-10H,4-5,17H2,1-3H3,(H,18,19). The van der Waals surface area contributed by atoms with Crippen molar-refractivity contribution in [2.75, 3.05) is 5.73 Å². The van der Waals surface area contributed by atoms with E-state index < -0.39 is 12.1 Å². The highest BCUT2D eigenvalue weighted by atomic mass is 35.5. The molecule has 0 spiro atoms. The fourth-order valence-electron chi connectivity index (χ4n) is 1.84. The number of nitrogens with two attached hydrogens (primary N) is 1. The second kappa shape index (κ2) is 7.88. The third-order valence-corrected chi connectivity index (χ3v) is 3.29. The van der Waals surface area contributed by atoms with E-state index in [0.29, 0.717) is 5.69 Å². The van der Waals surface area contributed by atoms with Gasteiger partial charge in [-0.1, -0.05) is 24.9 Å². The van der Waals surface area contributed by atoms with Crippen LogP contribution >= 0.6 is 11.6 Å². The van der Waals surface area contributed by atoms with Gasteiger partial charge in [-0.25, -0.2) is 4.79 Å². The first-order valence-corrected chi connectivity index (χ1v) is 7.29. The first kappa shape index (κ1) is 17.3. The summed E-state index contributed by atoms with van der Waals surface area (Å²) >= 11 is 5.93. The molecule has 1 aromatic rings. The predicted molar refractivity (Wildman–Crippen MR) is 83.3 cm³/mol. The summed E-state index contributed by atoms with van der Waals surface area (Å²) < 4.78 is 5.12. The van der Waals surface area contributed by atoms with E-state index >= 15 is 0 Å². The fraction of sp³-hybridized carbons (Fsp3) is 0.467. The Hall–Kier alpha value is -1.75. The van der Waals surface area contributed by atoms with Crippen LogP contribution in [0, 0.1) is 0 Å². The first-order chi connectivity index (χ1) is 9.85. The van der Waals surface area contributed by atoms with Gasteiger partial charge in [0.25, 0.3) is 5.91 Å². The molecular weight excluding hydrogens is 292 g/mol. The van der Waals surface area contributed by atoms with Crippen molar-refractivity contribution in [2.24, 2.45) is 0 Å². The summed E-state index contributed by atoms with van der Waals surface area (Å²) in [5.74, 6) is -0.971. The number of nitrogens with one attached hydrogen (secondary N) is 1. The maximum absolute atomic E-state index is 12.0. The lowest BCUT2D eigenvalue weighted by Crippen LogP contribution is -2.40. The molecule has 0 radical (unpaired) electrons. The summed E-state index contributed by atoms with van der Waals surface area (Å²) in [6.07, 6.45) is 0.956. The number of amides is 1. The van der Waals surface area contributed by atoms with Crippen molar-refractivity contribution in [3.8, 4) is 0 Å². The van der Waals surface area contributed by atoms with Crippen LogP contribution in [-0.2, 0) is 9.53 Å². The molecule has 1 amide bonds. The number of ether oxygens (including phenoxy) is 1. The van der Waals surface area contributed by atoms with Crippen LogP contribution in [0.25, 0.3) is 0 Å². The Balaban J connectivity index is 2.63. The van der Waals surface area contributed by atoms with Gasteiger partial charge in [0, 0.05) is 11.7 Å². The van der Waals surface area contributed by atoms with Crippen molar-refractivity contribution in [1.82, 2.24) is 5.32 Å². The first-order valence-electron chi connectivity index (χ1n) is 6.91. The fourth-order valence-corrected chi connectivity index (χ4v) is 2.11. The molecule has 0 saturated carbocycles. The second-order valence-corrected chi connectivity index (χ2v) is 5.39. The molecule has 1 rings (SSSR count). The lowest BCUT2D eigenvalue weighted by Gasteiger charge is -2.17. The molecule has 0 aromatic heterocycles. The van der Waals surface area contributed by atoms with Crippen LogP contribution in [0.1, 0.15) is 44.0 Å². The Morgan fingerprint density at radius 1 is 1.38 bits per heavy atom. The molecular formula is C15H21ClN2O3. The molecule has 0 heterocycles. The van der Waals surface area contributed by atoms with Crippen LogP contribution in [0.2, 0.25) is 5.02 Å². The zero-order valence-electron chi connectivity index (χ0n) is 12.5. The van der Waals surface area contributed by atoms with Crippen molar-refractivity contribution in [1.29, 1.82) is 0 Å². The molecule has 6 heteroatoms. The van der Waals surface area contributed by atoms with Gasteiger partial charge in [0.2, 0.25) is 0 Å². The SMILES string of the molecule is CCCC(C)NC(=O)C(C)OC(=O)c1ccc(N)cc1Cl. The number of carbonyl (C=O) groups excluding carboxylic acids is 2. The van der Waals surface area contributed by atoms with Crippen molar-refractivity contribution < 1.29 is 14.3 Å². The summed E-state index contributed by atoms with van der Waals surface area (Å²) in [6, 6.07) is 4.54. The Bertz CT molecular complexity index is 520. The lowest BCUT2D eigenvalue weighted by atomic mass is 10.2. The number of hydrogen-bond acceptors (Lipinski definition) is 4. The molecule has 1 aromatic carbocycles. The number of carbonyl (C=O) groups is 2. The molecule has 0 fully saturated rings. The zero-order valence-corrected chi connectivity index (χ0v) is 13.2. The number of halogens is 1. The van der Waals surface area contributed by atoms with E-state index in [0.717, 1.165) is 12.8 Å². The Kier molecular flexibility index (Phi) is 6.49. The third-order valence-electron chi connectivity index (χ3n) is 2.98. The monoisotopic (exact) mass is 312 g/mol. The highest BCUT2D eigenvalue weighted by Gasteiger charge is 2.21. The van der Waals surface area contributed by atoms with Crippen LogP contribution in [0.5, 0.6) is 0 Å². The van der Waals surface area contributed by atoms with E-state index in [1.165, 1.54) is 19.1 Å². The molecule has 0 aliphatic carbocycles. The summed E-state index contributed by atoms with van der Waals surface area (Å²) in [5, 5.41) is 2.99. The van der Waals surface area contributed by atoms with E-state index in [1.54, 1.807) is 6.07 Å². The topological polar surface area (TPSA) is 81.4 Å². The van der Waals surface area contributed by atoms with E-state index in [9.17, 15) is 9.59 Å². The van der Waals surface area contributed by atoms with Crippen molar-refractivity contribution in [3.05, 3.63) is 28.8 Å². The van der Waals surface area contributed by atoms with Gasteiger partial charge >= 0.3 is 5.97 Å². The van der Waals surface area contributed by atoms with Gasteiger partial charge < -0.3 is 15.8 Å². The number of nitrogen functional groups attached to an aromatic ring is 1. The Morgan fingerprint density at radius 3 is 2.62 bits per heavy atom. The maximum atomic E-state index is 12.0. The molecule has 0 bridgehead atoms. The Labute approximate surface area is 129 Å². The van der Waals surface area contributed by atoms with Gasteiger partial charge in [-0.15, -0.1) is 0 Å². The largest absolute Gasteiger partial charge is 0.449 e. The van der Waals surface area contributed by atoms with Gasteiger partial charge in [-0.2, -0.15) is 0 Å². The molecule has 21 heavy (non-hydrogen) atoms. The van der Waals surface area contributed by atoms with Gasteiger partial charge in [0.1, 0.15) is 0 Å². The third kappa shape index (κ3) is 5.27. The molecule has 2 unspecified atom stereocenters. The molecule has 0 aliphatic heterocycles. The molecule has 5 nitrogen and oxygen atoms in total. The molecule has 0 saturated heterocycles. The van der Waals surface area contributed by atoms with Crippen LogP contribution in [-0.4, -0.2) is 24.0 Å². The summed E-state index contributed by atoms with van der Waals surface area (Å²) in [6.45, 7) is 5.47. The number of hydrogen-bond donors (Lipinski definition) is 2. The zero-order chi connectivity index (χ0) is 16.0. The van der Waals surface area contributed by atoms with Crippen molar-refractivity contribution >= 4 is 29.2 Å². The van der Waals surface area contributed by atoms with E-state index in [2.05, 4.69) is 5.32 Å². The number of rotatable bonds is 6. The number of esters is 1. The van der Waals surface area contributed by atoms with Crippen molar-refractivity contribution in [2.45, 2.75) is 45.8 Å². The minimum Gasteiger partial charge on any atom is -0.449 e. The average Bonchev–Trinajstić information content (AvgIpc) is 2.38. The summed E-state index contributed by atoms with van der Waals surface area (Å²) in [4.78, 5) is 23.9. The predicted octanol–water partition coefficient (Wildman–Crippen LogP) is 2.77. The van der Waals surface area contributed by atoms with E-state index in [-0.39, 0.29) is 22.5 Å². The molecule has 116 valence electrons. The lowest BCUT2D eigenvalue weighted by molar-refractivity contribution is -0.129. The van der Waals surface area contributed by atoms with Crippen LogP contribution in [0.3, 0.4) is 0 Å². The van der Waals surface area contributed by atoms with Crippen LogP contribution in [0.4, 0.5) is 5.69 Å². The van der Waals surface area contributed by atoms with Gasteiger partial charge in [-0.3, -0.25) is 4.79 Å². The average molecular weight is 313 g/mol. The van der Waals surface area contributed by atoms with Gasteiger partial charge in [0.15, 0.2) is 6.10 Å². The second-order valence-electron chi connectivity index (χ2n) is 4.99. The summed E-state index contributed by atoms with van der Waals surface area (Å²) in [5.41, 5.74) is 6.20. The van der Waals surface area contributed by atoms with E-state index in [1.807, 2.05) is 13.8 Å². The minimum absolute atomic E-state index is 0.0452. The smallest absolute Gasteiger partial charge is 0.340 e. The molecule has 0 aliphatic rings. The Morgan fingerprint density at radius 2 is 2.05 bits per heavy atom. The van der Waals surface area contributed by atoms with Crippen molar-refractivity contribution in [3.63, 3.8) is 0 Å². The normalized spacial score (nSPS) is 13.3. The summed E-state index contributed by atoms with van der Waals surface area (Å²) in [7, 11) is 0. The van der Waals surface area contributed by atoms with Crippen LogP contribution < -0.4 is 11.1 Å². The maximum Gasteiger partial charge on any atom is 0.340 e. The molecule has 2 atom stereocenters. The highest BCUT2D eigenvalue weighted by Crippen LogP contribution is 2.20. The number of benzene rings is 1. The minimum atomic E-state index is -0.884. The highest BCUT2D eigenvalue weighted by molar-refractivity contribution is 6.33. The van der Waals surface area contributed by atoms with Crippen LogP contribution in [0.15, 0.2) is 18.2 Å². The quantitative estimate of drug-likeness (QED) is 0.625. The van der Waals surface area contributed by atoms with Gasteiger partial charge in [-0.05, 0) is 38.5 Å². The number of anilines is 1.